The highest BCUT2D eigenvalue weighted by molar-refractivity contribution is 14.0. The standard InChI is InChI=1S/C20H32FN3O2S.HI/c1-22-20(23-10-15-27-16-17-6-3-4-7-19(17)21)24-11-8-18(9-12-24)26-14-5-13-25-2;/h3-4,6-7,18H,5,8-16H2,1-2H3,(H,22,23);1H. The van der Waals surface area contributed by atoms with Gasteiger partial charge in [0, 0.05) is 58.5 Å². The first-order valence-corrected chi connectivity index (χ1v) is 10.8. The summed E-state index contributed by atoms with van der Waals surface area (Å²) in [5.74, 6) is 2.42. The van der Waals surface area contributed by atoms with Gasteiger partial charge < -0.3 is 19.7 Å². The number of hydrogen-bond acceptors (Lipinski definition) is 4. The van der Waals surface area contributed by atoms with Crippen LogP contribution in [0.25, 0.3) is 0 Å². The van der Waals surface area contributed by atoms with E-state index in [1.54, 1.807) is 24.9 Å². The minimum Gasteiger partial charge on any atom is -0.385 e. The first-order valence-electron chi connectivity index (χ1n) is 9.62. The van der Waals surface area contributed by atoms with Gasteiger partial charge in [-0.25, -0.2) is 4.39 Å². The highest BCUT2D eigenvalue weighted by Gasteiger charge is 2.21. The molecule has 0 unspecified atom stereocenters. The van der Waals surface area contributed by atoms with Crippen molar-refractivity contribution in [3.63, 3.8) is 0 Å². The van der Waals surface area contributed by atoms with Crippen molar-refractivity contribution in [1.29, 1.82) is 0 Å². The van der Waals surface area contributed by atoms with Gasteiger partial charge in [0.2, 0.25) is 0 Å². The summed E-state index contributed by atoms with van der Waals surface area (Å²) in [5.41, 5.74) is 0.763. The van der Waals surface area contributed by atoms with Crippen molar-refractivity contribution in [1.82, 2.24) is 10.2 Å². The van der Waals surface area contributed by atoms with Crippen LogP contribution in [-0.4, -0.2) is 69.7 Å². The normalized spacial score (nSPS) is 15.4. The van der Waals surface area contributed by atoms with Crippen molar-refractivity contribution in [2.75, 3.05) is 52.8 Å². The first kappa shape index (κ1) is 25.5. The lowest BCUT2D eigenvalue weighted by Gasteiger charge is -2.34. The summed E-state index contributed by atoms with van der Waals surface area (Å²) >= 11 is 1.73. The van der Waals surface area contributed by atoms with Crippen LogP contribution < -0.4 is 5.32 Å². The highest BCUT2D eigenvalue weighted by Crippen LogP contribution is 2.16. The predicted octanol–water partition coefficient (Wildman–Crippen LogP) is 3.77. The molecule has 1 aliphatic heterocycles. The van der Waals surface area contributed by atoms with E-state index in [9.17, 15) is 4.39 Å². The van der Waals surface area contributed by atoms with Crippen molar-refractivity contribution in [3.8, 4) is 0 Å². The zero-order valence-corrected chi connectivity index (χ0v) is 20.0. The van der Waals surface area contributed by atoms with Gasteiger partial charge in [-0.05, 0) is 30.9 Å². The smallest absolute Gasteiger partial charge is 0.193 e. The number of nitrogens with one attached hydrogen (secondary N) is 1. The molecule has 1 aromatic carbocycles. The number of piperidine rings is 1. The molecule has 0 bridgehead atoms. The van der Waals surface area contributed by atoms with Gasteiger partial charge in [-0.2, -0.15) is 11.8 Å². The Kier molecular flexibility index (Phi) is 13.9. The molecule has 1 heterocycles. The Hall–Kier alpha value is -0.580. The second kappa shape index (κ2) is 15.3. The summed E-state index contributed by atoms with van der Waals surface area (Å²) in [6.07, 6.45) is 3.34. The highest BCUT2D eigenvalue weighted by atomic mass is 127. The van der Waals surface area contributed by atoms with E-state index in [1.165, 1.54) is 6.07 Å². The average molecular weight is 525 g/mol. The number of nitrogens with zero attached hydrogens (tertiary/aromatic N) is 2. The number of hydrogen-bond donors (Lipinski definition) is 1. The van der Waals surface area contributed by atoms with Gasteiger partial charge in [0.1, 0.15) is 5.82 Å². The Morgan fingerprint density at radius 2 is 2.04 bits per heavy atom. The van der Waals surface area contributed by atoms with Crippen molar-refractivity contribution >= 4 is 41.7 Å². The zero-order chi connectivity index (χ0) is 19.3. The molecule has 1 aliphatic rings. The van der Waals surface area contributed by atoms with E-state index in [2.05, 4.69) is 15.2 Å². The molecule has 1 N–H and O–H groups in total. The molecule has 1 fully saturated rings. The van der Waals surface area contributed by atoms with E-state index in [0.29, 0.717) is 11.9 Å². The summed E-state index contributed by atoms with van der Waals surface area (Å²) in [5, 5.41) is 3.42. The number of methoxy groups -OCH3 is 1. The van der Waals surface area contributed by atoms with E-state index >= 15 is 0 Å². The van der Waals surface area contributed by atoms with Crippen LogP contribution in [0.5, 0.6) is 0 Å². The lowest BCUT2D eigenvalue weighted by molar-refractivity contribution is 0.00993. The molecule has 0 aromatic heterocycles. The third-order valence-electron chi connectivity index (χ3n) is 4.54. The van der Waals surface area contributed by atoms with Gasteiger partial charge in [-0.1, -0.05) is 18.2 Å². The molecule has 0 saturated carbocycles. The van der Waals surface area contributed by atoms with E-state index in [-0.39, 0.29) is 29.8 Å². The van der Waals surface area contributed by atoms with Crippen molar-refractivity contribution < 1.29 is 13.9 Å². The Labute approximate surface area is 189 Å². The Balaban J connectivity index is 0.00000392. The SMILES string of the molecule is CN=C(NCCSCc1ccccc1F)N1CCC(OCCCOC)CC1.I. The number of likely N-dealkylation sites (tertiary alicyclic amines) is 1. The van der Waals surface area contributed by atoms with Gasteiger partial charge in [0.15, 0.2) is 5.96 Å². The third-order valence-corrected chi connectivity index (χ3v) is 5.55. The zero-order valence-electron chi connectivity index (χ0n) is 16.9. The molecule has 160 valence electrons. The Bertz CT molecular complexity index is 572. The van der Waals surface area contributed by atoms with E-state index in [1.807, 2.05) is 19.2 Å². The van der Waals surface area contributed by atoms with Crippen LogP contribution in [0.3, 0.4) is 0 Å². The van der Waals surface area contributed by atoms with E-state index in [4.69, 9.17) is 9.47 Å². The molecule has 0 atom stereocenters. The maximum absolute atomic E-state index is 13.6. The largest absolute Gasteiger partial charge is 0.385 e. The Morgan fingerprint density at radius 3 is 2.71 bits per heavy atom. The minimum atomic E-state index is -0.124. The van der Waals surface area contributed by atoms with Gasteiger partial charge in [0.25, 0.3) is 0 Å². The van der Waals surface area contributed by atoms with Gasteiger partial charge in [-0.3, -0.25) is 4.99 Å². The number of benzene rings is 1. The van der Waals surface area contributed by atoms with Crippen LogP contribution in [-0.2, 0) is 15.2 Å². The summed E-state index contributed by atoms with van der Waals surface area (Å²) in [4.78, 5) is 6.69. The molecular formula is C20H33FIN3O2S. The Morgan fingerprint density at radius 1 is 1.29 bits per heavy atom. The molecule has 0 radical (unpaired) electrons. The summed E-state index contributed by atoms with van der Waals surface area (Å²) in [6.45, 7) is 4.25. The molecule has 0 amide bonds. The average Bonchev–Trinajstić information content (AvgIpc) is 2.70. The van der Waals surface area contributed by atoms with Crippen LogP contribution in [0.4, 0.5) is 4.39 Å². The van der Waals surface area contributed by atoms with Gasteiger partial charge >= 0.3 is 0 Å². The van der Waals surface area contributed by atoms with Crippen molar-refractivity contribution in [2.24, 2.45) is 4.99 Å². The number of rotatable bonds is 10. The maximum atomic E-state index is 13.6. The molecule has 2 rings (SSSR count). The fourth-order valence-electron chi connectivity index (χ4n) is 3.05. The van der Waals surface area contributed by atoms with Crippen molar-refractivity contribution in [3.05, 3.63) is 35.6 Å². The van der Waals surface area contributed by atoms with Crippen LogP contribution >= 0.6 is 35.7 Å². The van der Waals surface area contributed by atoms with Gasteiger partial charge in [-0.15, -0.1) is 24.0 Å². The van der Waals surface area contributed by atoms with Crippen LogP contribution in [0, 0.1) is 5.82 Å². The molecular weight excluding hydrogens is 492 g/mol. The fraction of sp³-hybridized carbons (Fsp3) is 0.650. The second-order valence-corrected chi connectivity index (χ2v) is 7.63. The topological polar surface area (TPSA) is 46.1 Å². The van der Waals surface area contributed by atoms with Gasteiger partial charge in [0.05, 0.1) is 6.10 Å². The summed E-state index contributed by atoms with van der Waals surface area (Å²) in [7, 11) is 3.54. The molecule has 1 aromatic rings. The monoisotopic (exact) mass is 525 g/mol. The molecule has 0 aliphatic carbocycles. The third kappa shape index (κ3) is 9.28. The molecule has 0 spiro atoms. The first-order chi connectivity index (χ1) is 13.2. The number of thioether (sulfide) groups is 1. The number of guanidine groups is 1. The number of ether oxygens (including phenoxy) is 2. The number of aliphatic imine (C=N–C) groups is 1. The maximum Gasteiger partial charge on any atom is 0.193 e. The van der Waals surface area contributed by atoms with E-state index in [0.717, 1.165) is 69.4 Å². The van der Waals surface area contributed by atoms with Crippen LogP contribution in [0.2, 0.25) is 0 Å². The minimum absolute atomic E-state index is 0. The molecule has 1 saturated heterocycles. The van der Waals surface area contributed by atoms with Crippen molar-refractivity contribution in [2.45, 2.75) is 31.1 Å². The van der Waals surface area contributed by atoms with E-state index < -0.39 is 0 Å². The van der Waals surface area contributed by atoms with Crippen LogP contribution in [0.15, 0.2) is 29.3 Å². The lowest BCUT2D eigenvalue weighted by Crippen LogP contribution is -2.47. The second-order valence-electron chi connectivity index (χ2n) is 6.52. The lowest BCUT2D eigenvalue weighted by atomic mass is 10.1. The summed E-state index contributed by atoms with van der Waals surface area (Å²) in [6, 6.07) is 6.96. The summed E-state index contributed by atoms with van der Waals surface area (Å²) < 4.78 is 24.6. The fourth-order valence-corrected chi connectivity index (χ4v) is 3.90. The molecule has 5 nitrogen and oxygen atoms in total. The quantitative estimate of drug-likeness (QED) is 0.218. The molecule has 28 heavy (non-hydrogen) atoms. The predicted molar refractivity (Wildman–Crippen MR) is 126 cm³/mol. The molecule has 8 heteroatoms. The van der Waals surface area contributed by atoms with Crippen LogP contribution in [0.1, 0.15) is 24.8 Å². The number of halogens is 2.